The van der Waals surface area contributed by atoms with E-state index in [0.717, 1.165) is 40.9 Å². The normalized spacial score (nSPS) is 15.0. The fourth-order valence-electron chi connectivity index (χ4n) is 3.49. The predicted octanol–water partition coefficient (Wildman–Crippen LogP) is 3.77. The molecular weight excluding hydrogens is 326 g/mol. The molecule has 0 bridgehead atoms. The van der Waals surface area contributed by atoms with Crippen molar-refractivity contribution in [3.8, 4) is 5.75 Å². The van der Waals surface area contributed by atoms with Crippen LogP contribution in [-0.4, -0.2) is 22.6 Å². The van der Waals surface area contributed by atoms with Gasteiger partial charge in [0.15, 0.2) is 0 Å². The molecule has 0 radical (unpaired) electrons. The number of nitrogens with one attached hydrogen (secondary N) is 1. The molecule has 134 valence electrons. The lowest BCUT2D eigenvalue weighted by molar-refractivity contribution is 0.0923. The first kappa shape index (κ1) is 16.6. The zero-order valence-electron chi connectivity index (χ0n) is 15.3. The summed E-state index contributed by atoms with van der Waals surface area (Å²) in [4.78, 5) is 17.6. The van der Waals surface area contributed by atoms with E-state index in [1.807, 2.05) is 61.0 Å². The Bertz CT molecular complexity index is 973. The number of aromatic nitrogens is 2. The summed E-state index contributed by atoms with van der Waals surface area (Å²) in [6.45, 7) is 1.98. The number of carbonyl (C=O) groups excluding carboxylic acids is 1. The SMILES string of the molecule is COc1ccc2c(c1)cc(C(=O)NC(c1cccc(C)n1)C1CC1)n2C. The zero-order valence-corrected chi connectivity index (χ0v) is 15.3. The van der Waals surface area contributed by atoms with Gasteiger partial charge in [-0.1, -0.05) is 6.07 Å². The molecule has 5 heteroatoms. The lowest BCUT2D eigenvalue weighted by Gasteiger charge is -2.18. The maximum absolute atomic E-state index is 13.0. The minimum atomic E-state index is -0.0668. The Morgan fingerprint density at radius 1 is 1.27 bits per heavy atom. The van der Waals surface area contributed by atoms with Crippen LogP contribution in [0.1, 0.15) is 40.8 Å². The summed E-state index contributed by atoms with van der Waals surface area (Å²) >= 11 is 0. The van der Waals surface area contributed by atoms with E-state index in [4.69, 9.17) is 4.74 Å². The molecule has 5 nitrogen and oxygen atoms in total. The maximum atomic E-state index is 13.0. The number of rotatable bonds is 5. The molecule has 0 aliphatic heterocycles. The molecule has 3 aromatic rings. The second kappa shape index (κ2) is 6.48. The highest BCUT2D eigenvalue weighted by Crippen LogP contribution is 2.40. The Hall–Kier alpha value is -2.82. The Balaban J connectivity index is 1.64. The molecule has 2 heterocycles. The number of carbonyl (C=O) groups is 1. The van der Waals surface area contributed by atoms with E-state index in [1.54, 1.807) is 7.11 Å². The number of pyridine rings is 1. The smallest absolute Gasteiger partial charge is 0.268 e. The van der Waals surface area contributed by atoms with Crippen LogP contribution in [0.3, 0.4) is 0 Å². The Kier molecular flexibility index (Phi) is 4.15. The second-order valence-electron chi connectivity index (χ2n) is 7.01. The molecule has 4 rings (SSSR count). The van der Waals surface area contributed by atoms with Crippen LogP contribution in [0.2, 0.25) is 0 Å². The molecule has 1 fully saturated rings. The summed E-state index contributed by atoms with van der Waals surface area (Å²) < 4.78 is 7.22. The van der Waals surface area contributed by atoms with Gasteiger partial charge in [-0.3, -0.25) is 9.78 Å². The highest BCUT2D eigenvalue weighted by molar-refractivity contribution is 5.99. The van der Waals surface area contributed by atoms with Crippen molar-refractivity contribution in [1.82, 2.24) is 14.9 Å². The highest BCUT2D eigenvalue weighted by Gasteiger charge is 2.35. The van der Waals surface area contributed by atoms with Gasteiger partial charge in [-0.15, -0.1) is 0 Å². The van der Waals surface area contributed by atoms with Crippen LogP contribution in [0.5, 0.6) is 5.75 Å². The molecule has 26 heavy (non-hydrogen) atoms. The van der Waals surface area contributed by atoms with E-state index in [-0.39, 0.29) is 11.9 Å². The van der Waals surface area contributed by atoms with E-state index in [2.05, 4.69) is 10.3 Å². The largest absolute Gasteiger partial charge is 0.497 e. The van der Waals surface area contributed by atoms with Crippen LogP contribution in [-0.2, 0) is 7.05 Å². The molecule has 1 aromatic carbocycles. The number of ether oxygens (including phenoxy) is 1. The second-order valence-corrected chi connectivity index (χ2v) is 7.01. The molecule has 1 N–H and O–H groups in total. The third-order valence-electron chi connectivity index (χ3n) is 5.09. The molecule has 1 aliphatic carbocycles. The van der Waals surface area contributed by atoms with Crippen molar-refractivity contribution < 1.29 is 9.53 Å². The van der Waals surface area contributed by atoms with Gasteiger partial charge in [-0.25, -0.2) is 0 Å². The van der Waals surface area contributed by atoms with Crippen LogP contribution >= 0.6 is 0 Å². The average Bonchev–Trinajstić information content (AvgIpc) is 3.43. The summed E-state index contributed by atoms with van der Waals surface area (Å²) in [5.41, 5.74) is 3.57. The molecular formula is C21H23N3O2. The Labute approximate surface area is 153 Å². The van der Waals surface area contributed by atoms with Crippen molar-refractivity contribution in [2.24, 2.45) is 13.0 Å². The van der Waals surface area contributed by atoms with Gasteiger partial charge in [0.2, 0.25) is 0 Å². The summed E-state index contributed by atoms with van der Waals surface area (Å²) in [6.07, 6.45) is 2.26. The maximum Gasteiger partial charge on any atom is 0.268 e. The Morgan fingerprint density at radius 3 is 2.77 bits per heavy atom. The average molecular weight is 349 g/mol. The number of nitrogens with zero attached hydrogens (tertiary/aromatic N) is 2. The molecule has 1 unspecified atom stereocenters. The van der Waals surface area contributed by atoms with Gasteiger partial charge in [0, 0.05) is 23.6 Å². The number of hydrogen-bond acceptors (Lipinski definition) is 3. The standard InChI is InChI=1S/C21H23N3O2/c1-13-5-4-6-17(22-13)20(14-7-8-14)23-21(25)19-12-15-11-16(26-3)9-10-18(15)24(19)2/h4-6,9-12,14,20H,7-8H2,1-3H3,(H,23,25). The van der Waals surface area contributed by atoms with Crippen molar-refractivity contribution in [3.63, 3.8) is 0 Å². The van der Waals surface area contributed by atoms with Gasteiger partial charge in [-0.05, 0) is 62.1 Å². The predicted molar refractivity (Wildman–Crippen MR) is 101 cm³/mol. The van der Waals surface area contributed by atoms with Crippen molar-refractivity contribution >= 4 is 16.8 Å². The van der Waals surface area contributed by atoms with Crippen molar-refractivity contribution in [2.75, 3.05) is 7.11 Å². The monoisotopic (exact) mass is 349 g/mol. The van der Waals surface area contributed by atoms with Crippen molar-refractivity contribution in [1.29, 1.82) is 0 Å². The first-order chi connectivity index (χ1) is 12.6. The summed E-state index contributed by atoms with van der Waals surface area (Å²) in [5, 5.41) is 4.21. The van der Waals surface area contributed by atoms with Gasteiger partial charge in [-0.2, -0.15) is 0 Å². The van der Waals surface area contributed by atoms with Gasteiger partial charge < -0.3 is 14.6 Å². The minimum Gasteiger partial charge on any atom is -0.497 e. The third-order valence-corrected chi connectivity index (χ3v) is 5.09. The molecule has 2 aromatic heterocycles. The Morgan fingerprint density at radius 2 is 2.08 bits per heavy atom. The van der Waals surface area contributed by atoms with Crippen LogP contribution in [0, 0.1) is 12.8 Å². The number of fused-ring (bicyclic) bond motifs is 1. The van der Waals surface area contributed by atoms with Gasteiger partial charge >= 0.3 is 0 Å². The molecule has 1 amide bonds. The molecule has 0 saturated heterocycles. The number of benzene rings is 1. The number of aryl methyl sites for hydroxylation is 2. The number of methoxy groups -OCH3 is 1. The molecule has 1 atom stereocenters. The topological polar surface area (TPSA) is 56.1 Å². The van der Waals surface area contributed by atoms with Crippen molar-refractivity contribution in [2.45, 2.75) is 25.8 Å². The van der Waals surface area contributed by atoms with Crippen LogP contribution in [0.15, 0.2) is 42.5 Å². The lowest BCUT2D eigenvalue weighted by Crippen LogP contribution is -2.31. The van der Waals surface area contributed by atoms with Gasteiger partial charge in [0.25, 0.3) is 5.91 Å². The molecule has 1 saturated carbocycles. The first-order valence-corrected chi connectivity index (χ1v) is 8.94. The minimum absolute atomic E-state index is 0.0325. The molecule has 0 spiro atoms. The van der Waals surface area contributed by atoms with E-state index < -0.39 is 0 Å². The fourth-order valence-corrected chi connectivity index (χ4v) is 3.49. The van der Waals surface area contributed by atoms with Crippen LogP contribution in [0.4, 0.5) is 0 Å². The summed E-state index contributed by atoms with van der Waals surface area (Å²) in [7, 11) is 3.56. The molecule has 1 aliphatic rings. The van der Waals surface area contributed by atoms with E-state index >= 15 is 0 Å². The third kappa shape index (κ3) is 3.05. The van der Waals surface area contributed by atoms with Crippen LogP contribution < -0.4 is 10.1 Å². The van der Waals surface area contributed by atoms with E-state index in [1.165, 1.54) is 0 Å². The van der Waals surface area contributed by atoms with E-state index in [0.29, 0.717) is 11.6 Å². The fraction of sp³-hybridized carbons (Fsp3) is 0.333. The highest BCUT2D eigenvalue weighted by atomic mass is 16.5. The van der Waals surface area contributed by atoms with E-state index in [9.17, 15) is 4.79 Å². The van der Waals surface area contributed by atoms with Crippen molar-refractivity contribution in [3.05, 3.63) is 59.5 Å². The summed E-state index contributed by atoms with van der Waals surface area (Å²) in [6, 6.07) is 13.7. The summed E-state index contributed by atoms with van der Waals surface area (Å²) in [5.74, 6) is 1.20. The number of amides is 1. The van der Waals surface area contributed by atoms with Gasteiger partial charge in [0.1, 0.15) is 11.4 Å². The van der Waals surface area contributed by atoms with Crippen LogP contribution in [0.25, 0.3) is 10.9 Å². The first-order valence-electron chi connectivity index (χ1n) is 8.94. The quantitative estimate of drug-likeness (QED) is 0.763. The number of hydrogen-bond donors (Lipinski definition) is 1. The zero-order chi connectivity index (χ0) is 18.3. The van der Waals surface area contributed by atoms with Gasteiger partial charge in [0.05, 0.1) is 18.8 Å². The lowest BCUT2D eigenvalue weighted by atomic mass is 10.1.